The molecule has 5 nitrogen and oxygen atoms in total. The molecule has 0 amide bonds. The Morgan fingerprint density at radius 3 is 2.67 bits per heavy atom. The molecule has 0 saturated heterocycles. The van der Waals surface area contributed by atoms with Crippen molar-refractivity contribution in [3.8, 4) is 0 Å². The number of hydrogen-bond acceptors (Lipinski definition) is 4. The Morgan fingerprint density at radius 2 is 2.06 bits per heavy atom. The van der Waals surface area contributed by atoms with Crippen LogP contribution in [-0.2, 0) is 9.84 Å². The Bertz CT molecular complexity index is 516. The number of aromatic carboxylic acids is 1. The van der Waals surface area contributed by atoms with Crippen molar-refractivity contribution in [2.75, 3.05) is 29.2 Å². The Balaban J connectivity index is 2.54. The van der Waals surface area contributed by atoms with Crippen molar-refractivity contribution in [2.45, 2.75) is 0 Å². The SMILES string of the molecule is O=C(O)c1cccc(NCCS(=O)(=O)CCCl)c1. The zero-order valence-corrected chi connectivity index (χ0v) is 11.2. The first-order valence-electron chi connectivity index (χ1n) is 5.28. The van der Waals surface area contributed by atoms with Gasteiger partial charge in [-0.15, -0.1) is 11.6 Å². The molecule has 0 aliphatic carbocycles. The summed E-state index contributed by atoms with van der Waals surface area (Å²) >= 11 is 5.37. The molecule has 0 atom stereocenters. The van der Waals surface area contributed by atoms with Crippen LogP contribution in [0.4, 0.5) is 5.69 Å². The highest BCUT2D eigenvalue weighted by Crippen LogP contribution is 2.10. The standard InChI is InChI=1S/C11H14ClNO4S/c12-4-6-18(16,17)7-5-13-10-3-1-2-9(8-10)11(14)15/h1-3,8,13H,4-7H2,(H,14,15). The number of sulfone groups is 1. The zero-order chi connectivity index (χ0) is 13.6. The highest BCUT2D eigenvalue weighted by Gasteiger charge is 2.09. The second-order valence-electron chi connectivity index (χ2n) is 3.65. The first kappa shape index (κ1) is 14.8. The van der Waals surface area contributed by atoms with Gasteiger partial charge in [-0.05, 0) is 18.2 Å². The van der Waals surface area contributed by atoms with E-state index in [1.54, 1.807) is 12.1 Å². The molecule has 7 heteroatoms. The molecule has 0 saturated carbocycles. The van der Waals surface area contributed by atoms with Gasteiger partial charge in [-0.3, -0.25) is 0 Å². The van der Waals surface area contributed by atoms with Gasteiger partial charge in [-0.2, -0.15) is 0 Å². The topological polar surface area (TPSA) is 83.5 Å². The van der Waals surface area contributed by atoms with Gasteiger partial charge in [-0.25, -0.2) is 13.2 Å². The third kappa shape index (κ3) is 4.93. The van der Waals surface area contributed by atoms with Gasteiger partial charge in [0.15, 0.2) is 9.84 Å². The monoisotopic (exact) mass is 291 g/mol. The molecule has 1 aromatic carbocycles. The molecular weight excluding hydrogens is 278 g/mol. The second-order valence-corrected chi connectivity index (χ2v) is 6.34. The first-order valence-corrected chi connectivity index (χ1v) is 7.64. The lowest BCUT2D eigenvalue weighted by Gasteiger charge is -2.07. The van der Waals surface area contributed by atoms with E-state index in [9.17, 15) is 13.2 Å². The van der Waals surface area contributed by atoms with Gasteiger partial charge in [0.1, 0.15) is 0 Å². The van der Waals surface area contributed by atoms with Crippen molar-refractivity contribution in [3.05, 3.63) is 29.8 Å². The number of carboxylic acid groups (broad SMARTS) is 1. The van der Waals surface area contributed by atoms with E-state index in [4.69, 9.17) is 16.7 Å². The molecule has 0 aliphatic rings. The van der Waals surface area contributed by atoms with Gasteiger partial charge in [0, 0.05) is 18.1 Å². The highest BCUT2D eigenvalue weighted by molar-refractivity contribution is 7.91. The maximum Gasteiger partial charge on any atom is 0.335 e. The lowest BCUT2D eigenvalue weighted by Crippen LogP contribution is -2.19. The molecule has 0 heterocycles. The van der Waals surface area contributed by atoms with E-state index in [0.29, 0.717) is 5.69 Å². The quantitative estimate of drug-likeness (QED) is 0.743. The van der Waals surface area contributed by atoms with Crippen LogP contribution in [0.5, 0.6) is 0 Å². The van der Waals surface area contributed by atoms with Crippen LogP contribution in [0.2, 0.25) is 0 Å². The number of hydrogen-bond donors (Lipinski definition) is 2. The van der Waals surface area contributed by atoms with Crippen LogP contribution in [-0.4, -0.2) is 43.4 Å². The van der Waals surface area contributed by atoms with Crippen LogP contribution in [0.15, 0.2) is 24.3 Å². The summed E-state index contributed by atoms with van der Waals surface area (Å²) in [5, 5.41) is 11.7. The first-order chi connectivity index (χ1) is 8.44. The number of halogens is 1. The van der Waals surface area contributed by atoms with E-state index in [2.05, 4.69) is 5.32 Å². The minimum atomic E-state index is -3.14. The summed E-state index contributed by atoms with van der Waals surface area (Å²) in [4.78, 5) is 10.7. The number of benzene rings is 1. The molecule has 18 heavy (non-hydrogen) atoms. The van der Waals surface area contributed by atoms with Crippen molar-refractivity contribution >= 4 is 33.1 Å². The maximum atomic E-state index is 11.4. The molecule has 0 fully saturated rings. The Morgan fingerprint density at radius 1 is 1.33 bits per heavy atom. The summed E-state index contributed by atoms with van der Waals surface area (Å²) in [5.74, 6) is -1.02. The highest BCUT2D eigenvalue weighted by atomic mass is 35.5. The maximum absolute atomic E-state index is 11.4. The van der Waals surface area contributed by atoms with E-state index in [1.807, 2.05) is 0 Å². The summed E-state index contributed by atoms with van der Waals surface area (Å²) in [7, 11) is -3.14. The van der Waals surface area contributed by atoms with Crippen molar-refractivity contribution < 1.29 is 18.3 Å². The van der Waals surface area contributed by atoms with Crippen molar-refractivity contribution in [2.24, 2.45) is 0 Å². The average molecular weight is 292 g/mol. The van der Waals surface area contributed by atoms with Crippen molar-refractivity contribution in [3.63, 3.8) is 0 Å². The van der Waals surface area contributed by atoms with Gasteiger partial charge in [-0.1, -0.05) is 6.07 Å². The van der Waals surface area contributed by atoms with Crippen LogP contribution >= 0.6 is 11.6 Å². The summed E-state index contributed by atoms with van der Waals surface area (Å²) < 4.78 is 22.8. The number of alkyl halides is 1. The molecule has 0 aliphatic heterocycles. The number of nitrogens with one attached hydrogen (secondary N) is 1. The largest absolute Gasteiger partial charge is 0.478 e. The Kier molecular flexibility index (Phi) is 5.43. The van der Waals surface area contributed by atoms with Gasteiger partial charge < -0.3 is 10.4 Å². The van der Waals surface area contributed by atoms with Crippen molar-refractivity contribution in [1.82, 2.24) is 0 Å². The van der Waals surface area contributed by atoms with E-state index >= 15 is 0 Å². The summed E-state index contributed by atoms with van der Waals surface area (Å²) in [6.07, 6.45) is 0. The smallest absolute Gasteiger partial charge is 0.335 e. The van der Waals surface area contributed by atoms with Gasteiger partial charge >= 0.3 is 5.97 Å². The lowest BCUT2D eigenvalue weighted by molar-refractivity contribution is 0.0697. The van der Waals surface area contributed by atoms with E-state index in [0.717, 1.165) is 0 Å². The molecule has 0 bridgehead atoms. The van der Waals surface area contributed by atoms with Crippen LogP contribution in [0.3, 0.4) is 0 Å². The zero-order valence-electron chi connectivity index (χ0n) is 9.60. The van der Waals surface area contributed by atoms with E-state index in [-0.39, 0.29) is 29.5 Å². The molecule has 0 spiro atoms. The predicted octanol–water partition coefficient (Wildman–Crippen LogP) is 1.45. The fraction of sp³-hybridized carbons (Fsp3) is 0.364. The average Bonchev–Trinajstić information content (AvgIpc) is 2.29. The third-order valence-electron chi connectivity index (χ3n) is 2.24. The molecule has 0 unspecified atom stereocenters. The number of carbonyl (C=O) groups is 1. The summed E-state index contributed by atoms with van der Waals surface area (Å²) in [6, 6.07) is 6.20. The number of rotatable bonds is 7. The minimum Gasteiger partial charge on any atom is -0.478 e. The van der Waals surface area contributed by atoms with Crippen LogP contribution < -0.4 is 5.32 Å². The second kappa shape index (κ2) is 6.61. The molecule has 1 aromatic rings. The van der Waals surface area contributed by atoms with Gasteiger partial charge in [0.05, 0.1) is 17.1 Å². The normalized spacial score (nSPS) is 11.2. The van der Waals surface area contributed by atoms with E-state index in [1.165, 1.54) is 12.1 Å². The number of carboxylic acids is 1. The predicted molar refractivity (Wildman–Crippen MR) is 71.3 cm³/mol. The minimum absolute atomic E-state index is 0.0307. The Hall–Kier alpha value is -1.27. The fourth-order valence-electron chi connectivity index (χ4n) is 1.33. The summed E-state index contributed by atoms with van der Waals surface area (Å²) in [5.41, 5.74) is 0.736. The molecule has 1 rings (SSSR count). The molecule has 2 N–H and O–H groups in total. The molecule has 100 valence electrons. The van der Waals surface area contributed by atoms with Crippen molar-refractivity contribution in [1.29, 1.82) is 0 Å². The molecule has 0 radical (unpaired) electrons. The molecular formula is C11H14ClNO4S. The van der Waals surface area contributed by atoms with Gasteiger partial charge in [0.2, 0.25) is 0 Å². The van der Waals surface area contributed by atoms with E-state index < -0.39 is 15.8 Å². The summed E-state index contributed by atoms with van der Waals surface area (Å²) in [6.45, 7) is 0.224. The van der Waals surface area contributed by atoms with Crippen LogP contribution in [0.1, 0.15) is 10.4 Å². The lowest BCUT2D eigenvalue weighted by atomic mass is 10.2. The van der Waals surface area contributed by atoms with Gasteiger partial charge in [0.25, 0.3) is 0 Å². The number of anilines is 1. The third-order valence-corrected chi connectivity index (χ3v) is 4.31. The Labute approximate surface area is 111 Å². The van der Waals surface area contributed by atoms with Crippen LogP contribution in [0.25, 0.3) is 0 Å². The molecule has 0 aromatic heterocycles. The van der Waals surface area contributed by atoms with Crippen LogP contribution in [0, 0.1) is 0 Å². The fourth-order valence-corrected chi connectivity index (χ4v) is 2.89.